The second-order valence-electron chi connectivity index (χ2n) is 5.59. The zero-order valence-corrected chi connectivity index (χ0v) is 15.2. The molecule has 0 saturated carbocycles. The highest BCUT2D eigenvalue weighted by Crippen LogP contribution is 2.29. The van der Waals surface area contributed by atoms with Crippen LogP contribution in [0.1, 0.15) is 22.8 Å². The molecule has 0 unspecified atom stereocenters. The molecule has 7 nitrogen and oxygen atoms in total. The maximum Gasteiger partial charge on any atom is 0.404 e. The average molecular weight is 377 g/mol. The first-order chi connectivity index (χ1) is 12.3. The van der Waals surface area contributed by atoms with Gasteiger partial charge in [-0.2, -0.15) is 0 Å². The van der Waals surface area contributed by atoms with E-state index < -0.39 is 22.0 Å². The zero-order valence-electron chi connectivity index (χ0n) is 14.3. The number of nitrogens with two attached hydrogens (primary N) is 1. The largest absolute Gasteiger partial charge is 0.496 e. The normalized spacial score (nSPS) is 12.2. The van der Waals surface area contributed by atoms with Gasteiger partial charge in [-0.25, -0.2) is 13.2 Å². The number of carbonyl (C=O) groups is 2. The summed E-state index contributed by atoms with van der Waals surface area (Å²) >= 11 is 0. The Morgan fingerprint density at radius 1 is 1.19 bits per heavy atom. The molecule has 0 saturated heterocycles. The molecule has 2 rings (SSSR count). The van der Waals surface area contributed by atoms with Crippen LogP contribution in [-0.4, -0.2) is 34.0 Å². The summed E-state index contributed by atoms with van der Waals surface area (Å²) < 4.78 is 35.6. The van der Waals surface area contributed by atoms with Crippen LogP contribution in [-0.2, 0) is 21.0 Å². The number of benzene rings is 2. The Morgan fingerprint density at radius 2 is 1.85 bits per heavy atom. The summed E-state index contributed by atoms with van der Waals surface area (Å²) in [4.78, 5) is 22.0. The summed E-state index contributed by atoms with van der Waals surface area (Å²) in [5.41, 5.74) is 5.72. The first kappa shape index (κ1) is 19.5. The number of hydrogen-bond donors (Lipinski definition) is 1. The van der Waals surface area contributed by atoms with Gasteiger partial charge in [0.1, 0.15) is 11.9 Å². The van der Waals surface area contributed by atoms with Gasteiger partial charge < -0.3 is 15.2 Å². The third-order valence-corrected chi connectivity index (χ3v) is 5.56. The van der Waals surface area contributed by atoms with Crippen molar-refractivity contribution < 1.29 is 27.5 Å². The molecule has 1 amide bonds. The number of carbonyl (C=O) groups excluding carboxylic acids is 2. The van der Waals surface area contributed by atoms with E-state index in [4.69, 9.17) is 15.2 Å². The van der Waals surface area contributed by atoms with Crippen LogP contribution in [0.3, 0.4) is 0 Å². The molecule has 0 fully saturated rings. The molecule has 2 N–H and O–H groups in total. The maximum absolute atomic E-state index is 12.9. The number of aldehydes is 1. The van der Waals surface area contributed by atoms with E-state index >= 15 is 0 Å². The quantitative estimate of drug-likeness (QED) is 0.741. The van der Waals surface area contributed by atoms with Crippen LogP contribution in [0.25, 0.3) is 0 Å². The van der Waals surface area contributed by atoms with E-state index in [1.165, 1.54) is 37.4 Å². The molecule has 0 aliphatic heterocycles. The van der Waals surface area contributed by atoms with Gasteiger partial charge in [-0.3, -0.25) is 4.79 Å². The lowest BCUT2D eigenvalue weighted by Crippen LogP contribution is -2.21. The summed E-state index contributed by atoms with van der Waals surface area (Å²) in [6, 6.07) is 10.5. The Bertz CT molecular complexity index is 906. The first-order valence-electron chi connectivity index (χ1n) is 7.72. The standard InChI is InChI=1S/C18H19NO6S/c1-12(25-18(19)21)10-13-6-8-14(9-7-13)26(22,23)17-5-3-4-16(24-2)15(17)11-20/h3-9,11-12H,10H2,1-2H3,(H2,19,21)/t12-/m1/s1. The molecule has 2 aromatic rings. The maximum atomic E-state index is 12.9. The van der Waals surface area contributed by atoms with Crippen molar-refractivity contribution in [2.75, 3.05) is 7.11 Å². The fourth-order valence-electron chi connectivity index (χ4n) is 2.56. The minimum Gasteiger partial charge on any atom is -0.496 e. The molecule has 138 valence electrons. The second-order valence-corrected chi connectivity index (χ2v) is 7.51. The lowest BCUT2D eigenvalue weighted by molar-refractivity contribution is 0.111. The van der Waals surface area contributed by atoms with Gasteiger partial charge in [0.15, 0.2) is 6.29 Å². The smallest absolute Gasteiger partial charge is 0.404 e. The van der Waals surface area contributed by atoms with E-state index in [-0.39, 0.29) is 21.1 Å². The van der Waals surface area contributed by atoms with Crippen molar-refractivity contribution in [3.63, 3.8) is 0 Å². The summed E-state index contributed by atoms with van der Waals surface area (Å²) in [6.45, 7) is 1.68. The van der Waals surface area contributed by atoms with Gasteiger partial charge >= 0.3 is 6.09 Å². The molecular weight excluding hydrogens is 358 g/mol. The van der Waals surface area contributed by atoms with Crippen LogP contribution in [0.2, 0.25) is 0 Å². The van der Waals surface area contributed by atoms with Crippen molar-refractivity contribution in [2.45, 2.75) is 29.2 Å². The van der Waals surface area contributed by atoms with Gasteiger partial charge in [0, 0.05) is 6.42 Å². The van der Waals surface area contributed by atoms with Crippen LogP contribution in [0.5, 0.6) is 5.75 Å². The minimum absolute atomic E-state index is 0.0254. The fourth-order valence-corrected chi connectivity index (χ4v) is 4.00. The SMILES string of the molecule is COc1cccc(S(=O)(=O)c2ccc(C[C@@H](C)OC(N)=O)cc2)c1C=O. The molecule has 0 radical (unpaired) electrons. The molecular formula is C18H19NO6S. The van der Waals surface area contributed by atoms with Crippen molar-refractivity contribution in [2.24, 2.45) is 5.73 Å². The number of ether oxygens (including phenoxy) is 2. The topological polar surface area (TPSA) is 113 Å². The Labute approximate surface area is 151 Å². The van der Waals surface area contributed by atoms with Crippen molar-refractivity contribution in [3.05, 3.63) is 53.6 Å². The zero-order chi connectivity index (χ0) is 19.3. The van der Waals surface area contributed by atoms with Gasteiger partial charge in [0.2, 0.25) is 9.84 Å². The minimum atomic E-state index is -3.90. The van der Waals surface area contributed by atoms with Gasteiger partial charge in [-0.1, -0.05) is 18.2 Å². The Hall–Kier alpha value is -2.87. The van der Waals surface area contributed by atoms with Crippen molar-refractivity contribution in [1.29, 1.82) is 0 Å². The van der Waals surface area contributed by atoms with E-state index in [1.54, 1.807) is 19.1 Å². The van der Waals surface area contributed by atoms with Crippen LogP contribution in [0, 0.1) is 0 Å². The Balaban J connectivity index is 2.33. The van der Waals surface area contributed by atoms with Crippen LogP contribution in [0.15, 0.2) is 52.3 Å². The van der Waals surface area contributed by atoms with E-state index in [1.807, 2.05) is 0 Å². The van der Waals surface area contributed by atoms with Crippen LogP contribution < -0.4 is 10.5 Å². The molecule has 26 heavy (non-hydrogen) atoms. The monoisotopic (exact) mass is 377 g/mol. The van der Waals surface area contributed by atoms with E-state index in [0.29, 0.717) is 12.7 Å². The highest BCUT2D eigenvalue weighted by atomic mass is 32.2. The van der Waals surface area contributed by atoms with Gasteiger partial charge in [-0.05, 0) is 36.8 Å². The van der Waals surface area contributed by atoms with Crippen LogP contribution in [0.4, 0.5) is 4.79 Å². The number of methoxy groups -OCH3 is 1. The lowest BCUT2D eigenvalue weighted by Gasteiger charge is -2.13. The van der Waals surface area contributed by atoms with Crippen molar-refractivity contribution >= 4 is 22.2 Å². The molecule has 1 atom stereocenters. The molecule has 2 aromatic carbocycles. The summed E-state index contributed by atoms with van der Waals surface area (Å²) in [7, 11) is -2.53. The van der Waals surface area contributed by atoms with E-state index in [0.717, 1.165) is 5.56 Å². The molecule has 8 heteroatoms. The number of hydrogen-bond acceptors (Lipinski definition) is 6. The van der Waals surface area contributed by atoms with Gasteiger partial charge in [-0.15, -0.1) is 0 Å². The van der Waals surface area contributed by atoms with E-state index in [2.05, 4.69) is 0 Å². The number of amides is 1. The Morgan fingerprint density at radius 3 is 2.38 bits per heavy atom. The summed E-state index contributed by atoms with van der Waals surface area (Å²) in [6.07, 6.45) is -0.448. The molecule has 0 aliphatic rings. The lowest BCUT2D eigenvalue weighted by atomic mass is 10.1. The molecule has 0 heterocycles. The number of primary amides is 1. The highest BCUT2D eigenvalue weighted by molar-refractivity contribution is 7.91. The number of rotatable bonds is 7. The highest BCUT2D eigenvalue weighted by Gasteiger charge is 2.23. The molecule has 0 bridgehead atoms. The summed E-state index contributed by atoms with van der Waals surface area (Å²) in [5, 5.41) is 0. The average Bonchev–Trinajstić information content (AvgIpc) is 2.60. The molecule has 0 spiro atoms. The van der Waals surface area contributed by atoms with E-state index in [9.17, 15) is 18.0 Å². The van der Waals surface area contributed by atoms with Crippen LogP contribution >= 0.6 is 0 Å². The summed E-state index contributed by atoms with van der Waals surface area (Å²) in [5.74, 6) is 0.190. The molecule has 0 aliphatic carbocycles. The van der Waals surface area contributed by atoms with Gasteiger partial charge in [0.05, 0.1) is 22.5 Å². The van der Waals surface area contributed by atoms with Crippen molar-refractivity contribution in [3.8, 4) is 5.75 Å². The predicted molar refractivity (Wildman–Crippen MR) is 94.1 cm³/mol. The van der Waals surface area contributed by atoms with Gasteiger partial charge in [0.25, 0.3) is 0 Å². The van der Waals surface area contributed by atoms with Crippen molar-refractivity contribution in [1.82, 2.24) is 0 Å². The second kappa shape index (κ2) is 8.01. The predicted octanol–water partition coefficient (Wildman–Crippen LogP) is 2.37. The molecule has 0 aromatic heterocycles. The number of sulfone groups is 1. The Kier molecular flexibility index (Phi) is 5.99. The third kappa shape index (κ3) is 4.20. The first-order valence-corrected chi connectivity index (χ1v) is 9.20. The fraction of sp³-hybridized carbons (Fsp3) is 0.222. The third-order valence-electron chi connectivity index (χ3n) is 3.73.